The van der Waals surface area contributed by atoms with Crippen LogP contribution in [0.3, 0.4) is 0 Å². The van der Waals surface area contributed by atoms with Crippen LogP contribution in [0.1, 0.15) is 0 Å². The lowest BCUT2D eigenvalue weighted by Gasteiger charge is -2.18. The van der Waals surface area contributed by atoms with Gasteiger partial charge in [0.1, 0.15) is 0 Å². The van der Waals surface area contributed by atoms with Crippen LogP contribution in [0.5, 0.6) is 0 Å². The molecule has 0 atom stereocenters. The third kappa shape index (κ3) is 4.24. The van der Waals surface area contributed by atoms with Crippen LogP contribution in [0, 0.1) is 0 Å². The molecule has 0 amide bonds. The van der Waals surface area contributed by atoms with Crippen LogP contribution in [-0.2, 0) is 0 Å². The summed E-state index contributed by atoms with van der Waals surface area (Å²) in [5.41, 5.74) is 9.50. The highest BCUT2D eigenvalue weighted by Crippen LogP contribution is 2.43. The number of hydrogen-bond acceptors (Lipinski definition) is 1. The largest absolute Gasteiger partial charge is 0.264 e. The SMILES string of the molecule is c1ccc(-c2cc(-c3ccc4cc5c(ccc6ccccc65)cc4c3)c(-c3ccccc3)cc2-c2cccnc2)cc1. The smallest absolute Gasteiger partial charge is 0.0346 e. The number of nitrogens with zero attached hydrogens (tertiary/aromatic N) is 1. The number of aromatic nitrogens is 1. The summed E-state index contributed by atoms with van der Waals surface area (Å²) in [5, 5.41) is 7.62. The molecule has 8 rings (SSSR count). The van der Waals surface area contributed by atoms with Crippen molar-refractivity contribution in [1.82, 2.24) is 4.98 Å². The van der Waals surface area contributed by atoms with E-state index in [9.17, 15) is 0 Å². The van der Waals surface area contributed by atoms with E-state index in [0.717, 1.165) is 5.56 Å². The molecule has 42 heavy (non-hydrogen) atoms. The number of benzene rings is 7. The topological polar surface area (TPSA) is 12.9 Å². The van der Waals surface area contributed by atoms with E-state index >= 15 is 0 Å². The van der Waals surface area contributed by atoms with Crippen LogP contribution in [0.25, 0.3) is 76.8 Å². The number of rotatable bonds is 4. The van der Waals surface area contributed by atoms with Crippen molar-refractivity contribution in [2.75, 3.05) is 0 Å². The van der Waals surface area contributed by atoms with Crippen molar-refractivity contribution in [3.63, 3.8) is 0 Å². The molecule has 1 nitrogen and oxygen atoms in total. The van der Waals surface area contributed by atoms with Crippen LogP contribution in [-0.4, -0.2) is 4.98 Å². The standard InChI is InChI=1S/C41H27N/c1-3-10-28(11-4-1)38-26-41(34-15-9-21-42-27-34)39(29-12-5-2-6-13-29)25-40(38)33-20-18-31-24-37-32(22-35(31)23-33)19-17-30-14-7-8-16-36(30)37/h1-27H. The average Bonchev–Trinajstić information content (AvgIpc) is 3.07. The molecule has 0 saturated carbocycles. The molecule has 0 aliphatic carbocycles. The zero-order valence-corrected chi connectivity index (χ0v) is 23.0. The van der Waals surface area contributed by atoms with Gasteiger partial charge in [0, 0.05) is 18.0 Å². The van der Waals surface area contributed by atoms with Gasteiger partial charge in [-0.15, -0.1) is 0 Å². The Labute approximate surface area is 245 Å². The van der Waals surface area contributed by atoms with E-state index in [1.165, 1.54) is 71.3 Å². The fourth-order valence-corrected chi connectivity index (χ4v) is 6.23. The molecular weight excluding hydrogens is 506 g/mol. The van der Waals surface area contributed by atoms with E-state index in [-0.39, 0.29) is 0 Å². The first-order valence-corrected chi connectivity index (χ1v) is 14.4. The summed E-state index contributed by atoms with van der Waals surface area (Å²) in [6.45, 7) is 0. The Morgan fingerprint density at radius 3 is 1.62 bits per heavy atom. The van der Waals surface area contributed by atoms with Gasteiger partial charge in [0.05, 0.1) is 0 Å². The average molecular weight is 534 g/mol. The van der Waals surface area contributed by atoms with Crippen LogP contribution >= 0.6 is 0 Å². The first kappa shape index (κ1) is 24.3. The van der Waals surface area contributed by atoms with Crippen molar-refractivity contribution in [2.45, 2.75) is 0 Å². The molecule has 0 aliphatic heterocycles. The van der Waals surface area contributed by atoms with E-state index in [1.54, 1.807) is 0 Å². The van der Waals surface area contributed by atoms with E-state index in [2.05, 4.69) is 151 Å². The maximum Gasteiger partial charge on any atom is 0.0346 e. The third-order valence-corrected chi connectivity index (χ3v) is 8.31. The molecule has 7 aromatic carbocycles. The Hall–Kier alpha value is -5.53. The van der Waals surface area contributed by atoms with Gasteiger partial charge in [-0.3, -0.25) is 4.98 Å². The minimum atomic E-state index is 1.11. The highest BCUT2D eigenvalue weighted by Gasteiger charge is 2.16. The second kappa shape index (κ2) is 10.1. The molecule has 0 radical (unpaired) electrons. The predicted molar refractivity (Wildman–Crippen MR) is 178 cm³/mol. The number of fused-ring (bicyclic) bond motifs is 4. The fourth-order valence-electron chi connectivity index (χ4n) is 6.23. The predicted octanol–water partition coefficient (Wildman–Crippen LogP) is 11.2. The van der Waals surface area contributed by atoms with Crippen LogP contribution in [0.4, 0.5) is 0 Å². The van der Waals surface area contributed by atoms with Crippen molar-refractivity contribution < 1.29 is 0 Å². The van der Waals surface area contributed by atoms with Gasteiger partial charge in [0.25, 0.3) is 0 Å². The van der Waals surface area contributed by atoms with Gasteiger partial charge >= 0.3 is 0 Å². The summed E-state index contributed by atoms with van der Waals surface area (Å²) < 4.78 is 0. The summed E-state index contributed by atoms with van der Waals surface area (Å²) in [7, 11) is 0. The van der Waals surface area contributed by atoms with Crippen LogP contribution in [0.2, 0.25) is 0 Å². The van der Waals surface area contributed by atoms with Crippen molar-refractivity contribution in [3.8, 4) is 44.5 Å². The molecule has 0 unspecified atom stereocenters. The normalized spacial score (nSPS) is 11.3. The molecular formula is C41H27N. The zero-order valence-electron chi connectivity index (χ0n) is 23.0. The Bertz CT molecular complexity index is 2220. The van der Waals surface area contributed by atoms with Gasteiger partial charge in [-0.05, 0) is 108 Å². The molecule has 0 fully saturated rings. The summed E-state index contributed by atoms with van der Waals surface area (Å²) in [5.74, 6) is 0. The van der Waals surface area contributed by atoms with Crippen LogP contribution in [0.15, 0.2) is 164 Å². The fraction of sp³-hybridized carbons (Fsp3) is 0. The molecule has 1 heterocycles. The minimum Gasteiger partial charge on any atom is -0.264 e. The van der Waals surface area contributed by atoms with E-state index < -0.39 is 0 Å². The quantitative estimate of drug-likeness (QED) is 0.162. The molecule has 8 aromatic rings. The van der Waals surface area contributed by atoms with E-state index in [0.29, 0.717) is 0 Å². The molecule has 0 N–H and O–H groups in total. The minimum absolute atomic E-state index is 1.11. The van der Waals surface area contributed by atoms with Gasteiger partial charge < -0.3 is 0 Å². The Kier molecular flexibility index (Phi) is 5.86. The highest BCUT2D eigenvalue weighted by molar-refractivity contribution is 6.12. The van der Waals surface area contributed by atoms with Crippen molar-refractivity contribution in [2.24, 2.45) is 0 Å². The van der Waals surface area contributed by atoms with Crippen LogP contribution < -0.4 is 0 Å². The third-order valence-electron chi connectivity index (χ3n) is 8.31. The Balaban J connectivity index is 1.39. The lowest BCUT2D eigenvalue weighted by molar-refractivity contribution is 1.33. The zero-order chi connectivity index (χ0) is 27.9. The van der Waals surface area contributed by atoms with Gasteiger partial charge in [-0.2, -0.15) is 0 Å². The Morgan fingerprint density at radius 1 is 0.310 bits per heavy atom. The second-order valence-electron chi connectivity index (χ2n) is 10.8. The van der Waals surface area contributed by atoms with Gasteiger partial charge in [-0.1, -0.05) is 115 Å². The molecule has 0 saturated heterocycles. The summed E-state index contributed by atoms with van der Waals surface area (Å²) >= 11 is 0. The summed E-state index contributed by atoms with van der Waals surface area (Å²) in [6, 6.07) is 55.0. The summed E-state index contributed by atoms with van der Waals surface area (Å²) in [4.78, 5) is 4.46. The van der Waals surface area contributed by atoms with Gasteiger partial charge in [-0.25, -0.2) is 0 Å². The molecule has 0 aliphatic rings. The van der Waals surface area contributed by atoms with Crippen molar-refractivity contribution in [3.05, 3.63) is 164 Å². The van der Waals surface area contributed by atoms with Gasteiger partial charge in [0.2, 0.25) is 0 Å². The van der Waals surface area contributed by atoms with E-state index in [1.807, 2.05) is 18.5 Å². The van der Waals surface area contributed by atoms with E-state index in [4.69, 9.17) is 0 Å². The number of hydrogen-bond donors (Lipinski definition) is 0. The maximum absolute atomic E-state index is 4.46. The Morgan fingerprint density at radius 2 is 0.905 bits per heavy atom. The maximum atomic E-state index is 4.46. The lowest BCUT2D eigenvalue weighted by Crippen LogP contribution is -1.93. The van der Waals surface area contributed by atoms with Crippen molar-refractivity contribution >= 4 is 32.3 Å². The van der Waals surface area contributed by atoms with Gasteiger partial charge in [0.15, 0.2) is 0 Å². The number of pyridine rings is 1. The lowest BCUT2D eigenvalue weighted by atomic mass is 9.85. The first-order valence-electron chi connectivity index (χ1n) is 14.4. The molecule has 1 aromatic heterocycles. The molecule has 0 bridgehead atoms. The summed E-state index contributed by atoms with van der Waals surface area (Å²) in [6.07, 6.45) is 3.79. The highest BCUT2D eigenvalue weighted by atomic mass is 14.6. The molecule has 196 valence electrons. The molecule has 0 spiro atoms. The molecule has 1 heteroatoms. The monoisotopic (exact) mass is 533 g/mol. The second-order valence-corrected chi connectivity index (χ2v) is 10.8. The first-order chi connectivity index (χ1) is 20.8. The van der Waals surface area contributed by atoms with Crippen molar-refractivity contribution in [1.29, 1.82) is 0 Å².